The van der Waals surface area contributed by atoms with Crippen LogP contribution in [0.2, 0.25) is 0 Å². The molecule has 33 heavy (non-hydrogen) atoms. The van der Waals surface area contributed by atoms with E-state index in [1.54, 1.807) is 31.2 Å². The van der Waals surface area contributed by atoms with Crippen molar-refractivity contribution in [2.45, 2.75) is 59.0 Å². The van der Waals surface area contributed by atoms with Gasteiger partial charge in [-0.2, -0.15) is 30.7 Å². The summed E-state index contributed by atoms with van der Waals surface area (Å²) in [5.74, 6) is -0.103. The molecule has 0 saturated heterocycles. The maximum absolute atomic E-state index is 13.7. The van der Waals surface area contributed by atoms with Crippen LogP contribution in [0, 0.1) is 6.92 Å². The molecule has 0 unspecified atom stereocenters. The largest absolute Gasteiger partial charge is 0.488 e. The molecular weight excluding hydrogens is 464 g/mol. The minimum Gasteiger partial charge on any atom is -0.488 e. The second-order valence-corrected chi connectivity index (χ2v) is 8.42. The average molecular weight is 488 g/mol. The fourth-order valence-electron chi connectivity index (χ4n) is 3.72. The molecule has 2 aromatic carbocycles. The van der Waals surface area contributed by atoms with Crippen LogP contribution in [0.15, 0.2) is 36.4 Å². The predicted octanol–water partition coefficient (Wildman–Crippen LogP) is 8.25. The minimum atomic E-state index is -4.66. The highest BCUT2D eigenvalue weighted by Crippen LogP contribution is 2.42. The number of benzene rings is 2. The average Bonchev–Trinajstić information content (AvgIpc) is 3.17. The van der Waals surface area contributed by atoms with Gasteiger partial charge in [-0.15, -0.1) is 0 Å². The van der Waals surface area contributed by atoms with E-state index >= 15 is 0 Å². The summed E-state index contributed by atoms with van der Waals surface area (Å²) in [6.45, 7) is 4.46. The van der Waals surface area contributed by atoms with E-state index in [2.05, 4.69) is 4.37 Å². The first kappa shape index (κ1) is 25.1. The molecule has 1 heterocycles. The normalized spacial score (nSPS) is 12.3. The van der Waals surface area contributed by atoms with Gasteiger partial charge in [0.2, 0.25) is 0 Å². The molecule has 178 valence electrons. The van der Waals surface area contributed by atoms with Gasteiger partial charge in [-0.05, 0) is 48.5 Å². The number of aryl methyl sites for hydroxylation is 2. The molecule has 0 N–H and O–H groups in total. The van der Waals surface area contributed by atoms with E-state index in [1.165, 1.54) is 19.1 Å². The molecule has 0 aliphatic carbocycles. The molecular formula is C24H23F6NOS. The van der Waals surface area contributed by atoms with Crippen LogP contribution >= 0.6 is 11.5 Å². The van der Waals surface area contributed by atoms with Gasteiger partial charge in [-0.1, -0.05) is 50.6 Å². The first-order chi connectivity index (χ1) is 15.5. The van der Waals surface area contributed by atoms with Gasteiger partial charge in [0, 0.05) is 16.7 Å². The zero-order valence-corrected chi connectivity index (χ0v) is 19.1. The first-order valence-corrected chi connectivity index (χ1v) is 11.2. The van der Waals surface area contributed by atoms with Gasteiger partial charge in [-0.3, -0.25) is 0 Å². The van der Waals surface area contributed by atoms with Crippen molar-refractivity contribution in [3.63, 3.8) is 0 Å². The maximum atomic E-state index is 13.7. The molecule has 0 aliphatic heterocycles. The van der Waals surface area contributed by atoms with Crippen molar-refractivity contribution < 1.29 is 31.1 Å². The fraction of sp³-hybridized carbons (Fsp3) is 0.375. The van der Waals surface area contributed by atoms with Gasteiger partial charge in [0.25, 0.3) is 0 Å². The van der Waals surface area contributed by atoms with Crippen LogP contribution in [0.3, 0.4) is 0 Å². The summed E-state index contributed by atoms with van der Waals surface area (Å²) < 4.78 is 91.5. The monoisotopic (exact) mass is 487 g/mol. The van der Waals surface area contributed by atoms with Crippen molar-refractivity contribution in [3.8, 4) is 17.0 Å². The number of alkyl halides is 6. The SMILES string of the molecule is CCCc1ccc(OCc2c(-c3ccc(CC)cc3)nsc2C(F)(F)F)c(C)c1C(F)(F)F. The van der Waals surface area contributed by atoms with E-state index in [1.807, 2.05) is 6.92 Å². The Morgan fingerprint density at radius 1 is 0.909 bits per heavy atom. The van der Waals surface area contributed by atoms with Crippen LogP contribution in [0.25, 0.3) is 11.3 Å². The zero-order valence-electron chi connectivity index (χ0n) is 18.3. The Labute approximate surface area is 192 Å². The summed E-state index contributed by atoms with van der Waals surface area (Å²) in [4.78, 5) is -0.923. The zero-order chi connectivity index (χ0) is 24.4. The number of halogens is 6. The molecule has 0 spiro atoms. The first-order valence-electron chi connectivity index (χ1n) is 10.4. The number of rotatable bonds is 7. The van der Waals surface area contributed by atoms with Crippen molar-refractivity contribution in [1.29, 1.82) is 0 Å². The molecule has 1 aromatic heterocycles. The van der Waals surface area contributed by atoms with Crippen LogP contribution in [-0.4, -0.2) is 4.37 Å². The molecule has 3 rings (SSSR count). The Hall–Kier alpha value is -2.55. The second-order valence-electron chi connectivity index (χ2n) is 7.65. The van der Waals surface area contributed by atoms with E-state index in [4.69, 9.17) is 4.74 Å². The molecule has 0 amide bonds. The summed E-state index contributed by atoms with van der Waals surface area (Å²) in [6, 6.07) is 9.69. The summed E-state index contributed by atoms with van der Waals surface area (Å²) in [5, 5.41) is 0. The number of aromatic nitrogens is 1. The van der Waals surface area contributed by atoms with Gasteiger partial charge >= 0.3 is 12.4 Å². The Morgan fingerprint density at radius 3 is 2.12 bits per heavy atom. The van der Waals surface area contributed by atoms with E-state index in [9.17, 15) is 26.3 Å². The summed E-state index contributed by atoms with van der Waals surface area (Å²) in [6.07, 6.45) is -7.72. The van der Waals surface area contributed by atoms with Crippen molar-refractivity contribution >= 4 is 11.5 Å². The third-order valence-electron chi connectivity index (χ3n) is 5.36. The molecule has 0 bridgehead atoms. The van der Waals surface area contributed by atoms with Crippen LogP contribution in [0.1, 0.15) is 53.0 Å². The Balaban J connectivity index is 2.00. The Bertz CT molecular complexity index is 1100. The number of nitrogens with zero attached hydrogens (tertiary/aromatic N) is 1. The van der Waals surface area contributed by atoms with Crippen molar-refractivity contribution in [3.05, 3.63) is 69.1 Å². The molecule has 9 heteroatoms. The molecule has 3 aromatic rings. The number of hydrogen-bond acceptors (Lipinski definition) is 3. The topological polar surface area (TPSA) is 22.1 Å². The lowest BCUT2D eigenvalue weighted by molar-refractivity contribution is -0.138. The predicted molar refractivity (Wildman–Crippen MR) is 116 cm³/mol. The molecule has 0 fully saturated rings. The highest BCUT2D eigenvalue weighted by molar-refractivity contribution is 7.06. The highest BCUT2D eigenvalue weighted by atomic mass is 32.1. The highest BCUT2D eigenvalue weighted by Gasteiger charge is 2.39. The van der Waals surface area contributed by atoms with Gasteiger partial charge in [-0.25, -0.2) is 0 Å². The summed E-state index contributed by atoms with van der Waals surface area (Å²) in [5.41, 5.74) is 0.637. The van der Waals surface area contributed by atoms with Crippen LogP contribution < -0.4 is 4.74 Å². The van der Waals surface area contributed by atoms with Crippen LogP contribution in [0.4, 0.5) is 26.3 Å². The van der Waals surface area contributed by atoms with Gasteiger partial charge in [0.05, 0.1) is 11.3 Å². The van der Waals surface area contributed by atoms with E-state index in [0.717, 1.165) is 12.0 Å². The summed E-state index contributed by atoms with van der Waals surface area (Å²) in [7, 11) is 0. The molecule has 0 aliphatic rings. The Morgan fingerprint density at radius 2 is 1.58 bits per heavy atom. The quantitative estimate of drug-likeness (QED) is 0.313. The van der Waals surface area contributed by atoms with E-state index in [0.29, 0.717) is 23.5 Å². The molecule has 0 saturated carbocycles. The van der Waals surface area contributed by atoms with Crippen LogP contribution in [-0.2, 0) is 31.8 Å². The van der Waals surface area contributed by atoms with Crippen LogP contribution in [0.5, 0.6) is 5.75 Å². The lowest BCUT2D eigenvalue weighted by Crippen LogP contribution is -2.13. The third-order valence-corrected chi connectivity index (χ3v) is 6.29. The minimum absolute atomic E-state index is 0.103. The lowest BCUT2D eigenvalue weighted by atomic mass is 9.97. The smallest absolute Gasteiger partial charge is 0.427 e. The number of hydrogen-bond donors (Lipinski definition) is 0. The fourth-order valence-corrected chi connectivity index (χ4v) is 4.49. The van der Waals surface area contributed by atoms with Gasteiger partial charge in [0.15, 0.2) is 0 Å². The standard InChI is InChI=1S/C24H23F6NOS/c1-4-6-16-11-12-19(14(3)20(16)23(25,26)27)32-13-18-21(31-33-22(18)24(28,29)30)17-9-7-15(5-2)8-10-17/h7-12H,4-6,13H2,1-3H3. The Kier molecular flexibility index (Phi) is 7.41. The number of ether oxygens (including phenoxy) is 1. The molecule has 2 nitrogen and oxygen atoms in total. The third kappa shape index (κ3) is 5.51. The maximum Gasteiger partial charge on any atom is 0.427 e. The lowest BCUT2D eigenvalue weighted by Gasteiger charge is -2.19. The second kappa shape index (κ2) is 9.75. The van der Waals surface area contributed by atoms with E-state index < -0.39 is 29.4 Å². The van der Waals surface area contributed by atoms with E-state index in [-0.39, 0.29) is 34.6 Å². The van der Waals surface area contributed by atoms with Crippen molar-refractivity contribution in [2.75, 3.05) is 0 Å². The van der Waals surface area contributed by atoms with Crippen molar-refractivity contribution in [1.82, 2.24) is 4.37 Å². The van der Waals surface area contributed by atoms with Gasteiger partial charge < -0.3 is 4.74 Å². The summed E-state index contributed by atoms with van der Waals surface area (Å²) >= 11 is 0.309. The molecule has 0 radical (unpaired) electrons. The van der Waals surface area contributed by atoms with Gasteiger partial charge in [0.1, 0.15) is 17.2 Å². The molecule has 0 atom stereocenters. The van der Waals surface area contributed by atoms with Crippen molar-refractivity contribution in [2.24, 2.45) is 0 Å².